The third-order valence-corrected chi connectivity index (χ3v) is 3.64. The minimum Gasteiger partial charge on any atom is -0.495 e. The second kappa shape index (κ2) is 8.31. The zero-order chi connectivity index (χ0) is 17.5. The molecule has 0 spiro atoms. The van der Waals surface area contributed by atoms with Crippen molar-refractivity contribution in [1.29, 1.82) is 0 Å². The Bertz CT molecular complexity index is 722. The Morgan fingerprint density at radius 2 is 2.12 bits per heavy atom. The number of nitrogens with zero attached hydrogens (tertiary/aromatic N) is 2. The molecule has 0 radical (unpaired) electrons. The minimum atomic E-state index is -0.277. The standard InChI is InChI=1S/C17H18ClN3O3/c1-12(22)21(14-5-6-16(24-2)15(18)8-14)11-17(23)20-10-13-4-3-7-19-9-13/h3-9H,10-11H2,1-2H3,(H,20,23). The molecule has 2 amide bonds. The van der Waals surface area contributed by atoms with Gasteiger partial charge in [-0.25, -0.2) is 0 Å². The molecule has 1 aromatic carbocycles. The van der Waals surface area contributed by atoms with E-state index in [9.17, 15) is 9.59 Å². The Labute approximate surface area is 145 Å². The molecule has 0 saturated heterocycles. The fraction of sp³-hybridized carbons (Fsp3) is 0.235. The molecule has 1 aromatic heterocycles. The van der Waals surface area contributed by atoms with Gasteiger partial charge in [0, 0.05) is 31.5 Å². The normalized spacial score (nSPS) is 10.1. The van der Waals surface area contributed by atoms with Crippen molar-refractivity contribution in [3.05, 3.63) is 53.3 Å². The highest BCUT2D eigenvalue weighted by atomic mass is 35.5. The molecule has 6 nitrogen and oxygen atoms in total. The van der Waals surface area contributed by atoms with Crippen LogP contribution in [-0.2, 0) is 16.1 Å². The van der Waals surface area contributed by atoms with Crippen molar-refractivity contribution in [1.82, 2.24) is 10.3 Å². The Morgan fingerprint density at radius 3 is 2.71 bits per heavy atom. The first-order valence-electron chi connectivity index (χ1n) is 7.28. The van der Waals surface area contributed by atoms with Crippen molar-refractivity contribution in [2.24, 2.45) is 0 Å². The molecule has 1 heterocycles. The van der Waals surface area contributed by atoms with Crippen molar-refractivity contribution in [2.75, 3.05) is 18.6 Å². The predicted molar refractivity (Wildman–Crippen MR) is 92.1 cm³/mol. The van der Waals surface area contributed by atoms with Gasteiger partial charge in [0.15, 0.2) is 0 Å². The van der Waals surface area contributed by atoms with Crippen LogP contribution in [0.1, 0.15) is 12.5 Å². The second-order valence-electron chi connectivity index (χ2n) is 5.06. The topological polar surface area (TPSA) is 71.5 Å². The fourth-order valence-electron chi connectivity index (χ4n) is 2.11. The highest BCUT2D eigenvalue weighted by molar-refractivity contribution is 6.32. The molecular formula is C17H18ClN3O3. The van der Waals surface area contributed by atoms with Crippen molar-refractivity contribution < 1.29 is 14.3 Å². The van der Waals surface area contributed by atoms with Gasteiger partial charge in [-0.3, -0.25) is 14.6 Å². The number of aromatic nitrogens is 1. The number of ether oxygens (including phenoxy) is 1. The number of benzene rings is 1. The monoisotopic (exact) mass is 347 g/mol. The predicted octanol–water partition coefficient (Wildman–Crippen LogP) is 2.41. The zero-order valence-electron chi connectivity index (χ0n) is 13.5. The molecule has 126 valence electrons. The Hall–Kier alpha value is -2.60. The summed E-state index contributed by atoms with van der Waals surface area (Å²) < 4.78 is 5.09. The molecule has 24 heavy (non-hydrogen) atoms. The van der Waals surface area contributed by atoms with Gasteiger partial charge in [0.05, 0.1) is 12.1 Å². The van der Waals surface area contributed by atoms with Crippen LogP contribution >= 0.6 is 11.6 Å². The maximum absolute atomic E-state index is 12.1. The van der Waals surface area contributed by atoms with E-state index in [1.165, 1.54) is 18.9 Å². The van der Waals surface area contributed by atoms with Gasteiger partial charge in [-0.2, -0.15) is 0 Å². The first kappa shape index (κ1) is 17.7. The van der Waals surface area contributed by atoms with Crippen LogP contribution in [0.5, 0.6) is 5.75 Å². The SMILES string of the molecule is COc1ccc(N(CC(=O)NCc2cccnc2)C(C)=O)cc1Cl. The van der Waals surface area contributed by atoms with E-state index in [1.54, 1.807) is 36.7 Å². The lowest BCUT2D eigenvalue weighted by atomic mass is 10.2. The molecular weight excluding hydrogens is 330 g/mol. The maximum atomic E-state index is 12.1. The van der Waals surface area contributed by atoms with E-state index in [1.807, 2.05) is 6.07 Å². The summed E-state index contributed by atoms with van der Waals surface area (Å²) in [6.07, 6.45) is 3.34. The number of methoxy groups -OCH3 is 1. The summed E-state index contributed by atoms with van der Waals surface area (Å²) in [5.41, 5.74) is 1.41. The van der Waals surface area contributed by atoms with Gasteiger partial charge >= 0.3 is 0 Å². The highest BCUT2D eigenvalue weighted by Gasteiger charge is 2.17. The van der Waals surface area contributed by atoms with Crippen molar-refractivity contribution in [3.63, 3.8) is 0 Å². The van der Waals surface area contributed by atoms with Crippen molar-refractivity contribution in [3.8, 4) is 5.75 Å². The number of anilines is 1. The maximum Gasteiger partial charge on any atom is 0.240 e. The van der Waals surface area contributed by atoms with Crippen LogP contribution in [0.2, 0.25) is 5.02 Å². The number of rotatable bonds is 6. The fourth-order valence-corrected chi connectivity index (χ4v) is 2.36. The van der Waals surface area contributed by atoms with Crippen LogP contribution in [0.25, 0.3) is 0 Å². The first-order valence-corrected chi connectivity index (χ1v) is 7.66. The van der Waals surface area contributed by atoms with Crippen LogP contribution in [0.15, 0.2) is 42.7 Å². The Balaban J connectivity index is 2.04. The van der Waals surface area contributed by atoms with Gasteiger partial charge in [-0.1, -0.05) is 17.7 Å². The molecule has 0 unspecified atom stereocenters. The van der Waals surface area contributed by atoms with Crippen LogP contribution in [0.4, 0.5) is 5.69 Å². The van der Waals surface area contributed by atoms with Crippen molar-refractivity contribution >= 4 is 29.1 Å². The molecule has 2 aromatic rings. The number of halogens is 1. The molecule has 2 rings (SSSR count). The van der Waals surface area contributed by atoms with E-state index >= 15 is 0 Å². The summed E-state index contributed by atoms with van der Waals surface area (Å²) in [6, 6.07) is 8.58. The molecule has 7 heteroatoms. The molecule has 0 aliphatic carbocycles. The van der Waals surface area contributed by atoms with Gasteiger partial charge in [0.2, 0.25) is 11.8 Å². The molecule has 0 saturated carbocycles. The number of nitrogens with one attached hydrogen (secondary N) is 1. The van der Waals surface area contributed by atoms with Crippen molar-refractivity contribution in [2.45, 2.75) is 13.5 Å². The van der Waals surface area contributed by atoms with Gasteiger partial charge in [-0.05, 0) is 29.8 Å². The molecule has 1 N–H and O–H groups in total. The second-order valence-corrected chi connectivity index (χ2v) is 5.47. The van der Waals surface area contributed by atoms with E-state index in [4.69, 9.17) is 16.3 Å². The summed E-state index contributed by atoms with van der Waals surface area (Å²) in [7, 11) is 1.51. The largest absolute Gasteiger partial charge is 0.495 e. The number of hydrogen-bond donors (Lipinski definition) is 1. The summed E-state index contributed by atoms with van der Waals surface area (Å²) in [6.45, 7) is 1.65. The summed E-state index contributed by atoms with van der Waals surface area (Å²) >= 11 is 6.09. The summed E-state index contributed by atoms with van der Waals surface area (Å²) in [4.78, 5) is 29.3. The molecule has 0 fully saturated rings. The highest BCUT2D eigenvalue weighted by Crippen LogP contribution is 2.29. The molecule has 0 bridgehead atoms. The van der Waals surface area contributed by atoms with Crippen LogP contribution in [-0.4, -0.2) is 30.5 Å². The zero-order valence-corrected chi connectivity index (χ0v) is 14.2. The average Bonchev–Trinajstić information content (AvgIpc) is 2.58. The third kappa shape index (κ3) is 4.70. The van der Waals surface area contributed by atoms with E-state index in [0.717, 1.165) is 5.56 Å². The van der Waals surface area contributed by atoms with Crippen LogP contribution in [0, 0.1) is 0 Å². The van der Waals surface area contributed by atoms with E-state index in [2.05, 4.69) is 10.3 Å². The van der Waals surface area contributed by atoms with E-state index in [-0.39, 0.29) is 18.4 Å². The third-order valence-electron chi connectivity index (χ3n) is 3.34. The summed E-state index contributed by atoms with van der Waals surface area (Å²) in [5, 5.41) is 3.13. The quantitative estimate of drug-likeness (QED) is 0.871. The van der Waals surface area contributed by atoms with Gasteiger partial charge in [-0.15, -0.1) is 0 Å². The van der Waals surface area contributed by atoms with Gasteiger partial charge in [0.1, 0.15) is 12.3 Å². The Morgan fingerprint density at radius 1 is 1.33 bits per heavy atom. The van der Waals surface area contributed by atoms with Gasteiger partial charge < -0.3 is 15.0 Å². The number of hydrogen-bond acceptors (Lipinski definition) is 4. The van der Waals surface area contributed by atoms with Gasteiger partial charge in [0.25, 0.3) is 0 Å². The number of pyridine rings is 1. The summed E-state index contributed by atoms with van der Waals surface area (Å²) in [5.74, 6) is -0.0290. The van der Waals surface area contributed by atoms with E-state index < -0.39 is 0 Å². The van der Waals surface area contributed by atoms with Crippen LogP contribution < -0.4 is 15.0 Å². The molecule has 0 aliphatic rings. The number of carbonyl (C=O) groups excluding carboxylic acids is 2. The first-order chi connectivity index (χ1) is 11.5. The number of carbonyl (C=O) groups is 2. The molecule has 0 atom stereocenters. The lowest BCUT2D eigenvalue weighted by molar-refractivity contribution is -0.123. The lowest BCUT2D eigenvalue weighted by Gasteiger charge is -2.21. The number of amides is 2. The average molecular weight is 348 g/mol. The smallest absolute Gasteiger partial charge is 0.240 e. The minimum absolute atomic E-state index is 0.0990. The lowest BCUT2D eigenvalue weighted by Crippen LogP contribution is -2.39. The Kier molecular flexibility index (Phi) is 6.14. The van der Waals surface area contributed by atoms with Crippen LogP contribution in [0.3, 0.4) is 0 Å². The van der Waals surface area contributed by atoms with E-state index in [0.29, 0.717) is 23.0 Å². The molecule has 0 aliphatic heterocycles.